The Kier molecular flexibility index (Phi) is 4600. The van der Waals surface area contributed by atoms with Gasteiger partial charge in [-0.05, 0) is 0 Å². The van der Waals surface area contributed by atoms with E-state index in [1.54, 1.807) is 0 Å². The maximum Gasteiger partial charge on any atom is 6.00 e. The standard InChI is InChI=1S/6CN.Ca.Fe/c6*1-2;;/q6*-1;+2;+6. The van der Waals surface area contributed by atoms with Crippen molar-refractivity contribution in [2.45, 2.75) is 0 Å². The van der Waals surface area contributed by atoms with Gasteiger partial charge < -0.3 is 71.0 Å². The molecule has 0 bridgehead atoms. The average Bonchev–Trinajstić information content (AvgIpc) is 2.33. The average molecular weight is 252 g/mol. The Morgan fingerprint density at radius 3 is 0.357 bits per heavy atom. The van der Waals surface area contributed by atoms with Crippen molar-refractivity contribution in [2.75, 3.05) is 0 Å². The van der Waals surface area contributed by atoms with Crippen LogP contribution >= 0.6 is 0 Å². The first-order valence-electron chi connectivity index (χ1n) is 1.34. The second-order valence-corrected chi connectivity index (χ2v) is 0. The molecule has 8 heteroatoms. The summed E-state index contributed by atoms with van der Waals surface area (Å²) >= 11 is 0. The van der Waals surface area contributed by atoms with Crippen LogP contribution in [-0.4, -0.2) is 37.7 Å². The summed E-state index contributed by atoms with van der Waals surface area (Å²) in [5, 5.41) is 37.5. The molecule has 0 aromatic heterocycles. The molecule has 0 fully saturated rings. The molecule has 0 aromatic carbocycles. The summed E-state index contributed by atoms with van der Waals surface area (Å²) < 4.78 is 0. The fourth-order valence-corrected chi connectivity index (χ4v) is 0. The summed E-state index contributed by atoms with van der Waals surface area (Å²) in [6.07, 6.45) is 0. The van der Waals surface area contributed by atoms with Gasteiger partial charge in [-0.3, -0.25) is 0 Å². The monoisotopic (exact) mass is 252 g/mol. The molecule has 0 amide bonds. The molecule has 0 rings (SSSR count). The third-order valence-electron chi connectivity index (χ3n) is 0. The Morgan fingerprint density at radius 1 is 0.357 bits per heavy atom. The summed E-state index contributed by atoms with van der Waals surface area (Å²) in [7, 11) is 0. The van der Waals surface area contributed by atoms with E-state index in [9.17, 15) is 0 Å². The third kappa shape index (κ3) is 617. The molecule has 0 aromatic rings. The van der Waals surface area contributed by atoms with Crippen LogP contribution in [0.25, 0.3) is 0 Å². The first kappa shape index (κ1) is 78.4. The van der Waals surface area contributed by atoms with Crippen molar-refractivity contribution in [1.29, 1.82) is 31.6 Å². The summed E-state index contributed by atoms with van der Waals surface area (Å²) in [6.45, 7) is 28.5. The first-order valence-corrected chi connectivity index (χ1v) is 1.34. The topological polar surface area (TPSA) is 143 Å². The van der Waals surface area contributed by atoms with Crippen LogP contribution < -0.4 is 0 Å². The SMILES string of the molecule is [C-]#N.[C-]#N.[C-]#N.[C-]#N.[C-]#N.[C-]#N.[Ca+2].[Fe+6]. The zero-order valence-corrected chi connectivity index (χ0v) is 10.1. The molecular formula is C6CaFeN6+2. The van der Waals surface area contributed by atoms with E-state index in [4.69, 9.17) is 71.0 Å². The van der Waals surface area contributed by atoms with E-state index in [2.05, 4.69) is 0 Å². The van der Waals surface area contributed by atoms with Gasteiger partial charge in [-0.2, -0.15) is 0 Å². The van der Waals surface area contributed by atoms with Crippen molar-refractivity contribution in [3.63, 3.8) is 0 Å². The summed E-state index contributed by atoms with van der Waals surface area (Å²) in [5.41, 5.74) is 0. The zero-order chi connectivity index (χ0) is 12.0. The molecule has 62 valence electrons. The number of hydrogen-bond donors (Lipinski definition) is 0. The van der Waals surface area contributed by atoms with Gasteiger partial charge in [0.05, 0.1) is 0 Å². The van der Waals surface area contributed by atoms with Crippen LogP contribution in [-0.2, 0) is 17.1 Å². The van der Waals surface area contributed by atoms with E-state index in [0.717, 1.165) is 0 Å². The molecule has 6 nitrogen and oxygen atoms in total. The second kappa shape index (κ2) is 821. The van der Waals surface area contributed by atoms with Gasteiger partial charge in [0.15, 0.2) is 0 Å². The van der Waals surface area contributed by atoms with E-state index < -0.39 is 0 Å². The van der Waals surface area contributed by atoms with Crippen molar-refractivity contribution >= 4 is 37.7 Å². The van der Waals surface area contributed by atoms with Crippen LogP contribution in [0.2, 0.25) is 0 Å². The third-order valence-corrected chi connectivity index (χ3v) is 0. The molecule has 14 heavy (non-hydrogen) atoms. The van der Waals surface area contributed by atoms with E-state index in [0.29, 0.717) is 0 Å². The fraction of sp³-hybridized carbons (Fsp3) is 0. The number of nitrogens with zero attached hydrogens (tertiary/aromatic N) is 6. The minimum atomic E-state index is 0. The molecule has 0 saturated heterocycles. The predicted molar refractivity (Wildman–Crippen MR) is 35.6 cm³/mol. The Labute approximate surface area is 125 Å². The van der Waals surface area contributed by atoms with Gasteiger partial charge in [0.1, 0.15) is 0 Å². The van der Waals surface area contributed by atoms with E-state index in [1.165, 1.54) is 0 Å². The van der Waals surface area contributed by atoms with Gasteiger partial charge in [0.25, 0.3) is 0 Å². The quantitative estimate of drug-likeness (QED) is 0.444. The van der Waals surface area contributed by atoms with Crippen LogP contribution in [0.5, 0.6) is 0 Å². The molecule has 0 N–H and O–H groups in total. The molecule has 0 spiro atoms. The zero-order valence-electron chi connectivity index (χ0n) is 6.74. The van der Waals surface area contributed by atoms with Gasteiger partial charge in [-0.15, -0.1) is 0 Å². The normalized spacial score (nSPS) is 0.857. The fourth-order valence-electron chi connectivity index (χ4n) is 0. The van der Waals surface area contributed by atoms with Gasteiger partial charge in [-0.25, -0.2) is 0 Å². The number of hydrogen-bond acceptors (Lipinski definition) is 6. The van der Waals surface area contributed by atoms with Crippen molar-refractivity contribution in [2.24, 2.45) is 0 Å². The van der Waals surface area contributed by atoms with Crippen LogP contribution in [0, 0.1) is 71.0 Å². The largest absolute Gasteiger partial charge is 6.00 e. The van der Waals surface area contributed by atoms with Gasteiger partial charge in [0, 0.05) is 0 Å². The molecular weight excluding hydrogens is 252 g/mol. The van der Waals surface area contributed by atoms with Crippen molar-refractivity contribution in [1.82, 2.24) is 0 Å². The van der Waals surface area contributed by atoms with Crippen LogP contribution in [0.1, 0.15) is 0 Å². The van der Waals surface area contributed by atoms with Crippen molar-refractivity contribution in [3.05, 3.63) is 39.4 Å². The van der Waals surface area contributed by atoms with Crippen LogP contribution in [0.3, 0.4) is 0 Å². The Morgan fingerprint density at radius 2 is 0.357 bits per heavy atom. The maximum atomic E-state index is 6.25. The predicted octanol–water partition coefficient (Wildman–Crippen LogP) is 0.195. The molecule has 0 saturated carbocycles. The summed E-state index contributed by atoms with van der Waals surface area (Å²) in [5.74, 6) is 0. The molecule has 0 aliphatic rings. The Bertz CT molecular complexity index is 97.3. The first-order chi connectivity index (χ1) is 6.00. The van der Waals surface area contributed by atoms with Gasteiger partial charge in [-0.1, -0.05) is 0 Å². The second-order valence-electron chi connectivity index (χ2n) is 0. The van der Waals surface area contributed by atoms with E-state index in [1.807, 2.05) is 0 Å². The van der Waals surface area contributed by atoms with Crippen LogP contribution in [0.4, 0.5) is 0 Å². The minimum Gasteiger partial charge on any atom is -0.512 e. The minimum absolute atomic E-state index is 0. The van der Waals surface area contributed by atoms with E-state index in [-0.39, 0.29) is 54.8 Å². The maximum absolute atomic E-state index is 6.25. The van der Waals surface area contributed by atoms with Crippen LogP contribution in [0.15, 0.2) is 0 Å². The Hall–Kier alpha value is -1.28. The number of rotatable bonds is 0. The van der Waals surface area contributed by atoms with Crippen molar-refractivity contribution in [3.8, 4) is 0 Å². The summed E-state index contributed by atoms with van der Waals surface area (Å²) in [6, 6.07) is 0. The smallest absolute Gasteiger partial charge is 0.512 e. The molecule has 0 aliphatic heterocycles. The summed E-state index contributed by atoms with van der Waals surface area (Å²) in [4.78, 5) is 0. The molecule has 0 unspecified atom stereocenters. The van der Waals surface area contributed by atoms with Gasteiger partial charge >= 0.3 is 54.8 Å². The Balaban J connectivity index is -0.00000000500. The molecule has 0 heterocycles. The van der Waals surface area contributed by atoms with E-state index >= 15 is 0 Å². The molecule has 0 aliphatic carbocycles. The molecule has 0 atom stereocenters. The van der Waals surface area contributed by atoms with Crippen molar-refractivity contribution < 1.29 is 17.1 Å². The molecule has 0 radical (unpaired) electrons. The van der Waals surface area contributed by atoms with Gasteiger partial charge in [0.2, 0.25) is 0 Å².